The fourth-order valence-corrected chi connectivity index (χ4v) is 4.61. The molecule has 2 N–H and O–H groups in total. The lowest BCUT2D eigenvalue weighted by atomic mass is 10.0. The van der Waals surface area contributed by atoms with Gasteiger partial charge >= 0.3 is 6.36 Å². The molecular weight excluding hydrogens is 333 g/mol. The number of hydrogen-bond donors (Lipinski definition) is 1. The molecule has 1 fully saturated rings. The van der Waals surface area contributed by atoms with Crippen LogP contribution in [0.1, 0.15) is 25.7 Å². The number of ether oxygens (including phenoxy) is 1. The van der Waals surface area contributed by atoms with E-state index in [0.29, 0.717) is 25.8 Å². The SMILES string of the molecule is NCCC1CCCCN1S(=O)(=O)c1ccccc1OC(F)(F)F. The third-order valence-electron chi connectivity index (χ3n) is 3.73. The first-order valence-electron chi connectivity index (χ1n) is 7.32. The summed E-state index contributed by atoms with van der Waals surface area (Å²) in [6.07, 6.45) is -2.29. The second-order valence-electron chi connectivity index (χ2n) is 5.34. The van der Waals surface area contributed by atoms with Gasteiger partial charge < -0.3 is 10.5 Å². The van der Waals surface area contributed by atoms with Crippen molar-refractivity contribution >= 4 is 10.0 Å². The highest BCUT2D eigenvalue weighted by Crippen LogP contribution is 2.34. The third kappa shape index (κ3) is 4.36. The van der Waals surface area contributed by atoms with E-state index in [4.69, 9.17) is 5.73 Å². The van der Waals surface area contributed by atoms with E-state index in [-0.39, 0.29) is 12.6 Å². The van der Waals surface area contributed by atoms with Gasteiger partial charge in [-0.05, 0) is 37.9 Å². The van der Waals surface area contributed by atoms with Crippen molar-refractivity contribution in [3.8, 4) is 5.75 Å². The van der Waals surface area contributed by atoms with Gasteiger partial charge in [-0.3, -0.25) is 0 Å². The summed E-state index contributed by atoms with van der Waals surface area (Å²) in [5.74, 6) is -0.711. The van der Waals surface area contributed by atoms with Gasteiger partial charge in [0.25, 0.3) is 0 Å². The van der Waals surface area contributed by atoms with E-state index in [0.717, 1.165) is 18.6 Å². The zero-order chi connectivity index (χ0) is 17.1. The van der Waals surface area contributed by atoms with E-state index >= 15 is 0 Å². The summed E-state index contributed by atoms with van der Waals surface area (Å²) in [6.45, 7) is 0.588. The summed E-state index contributed by atoms with van der Waals surface area (Å²) >= 11 is 0. The first-order chi connectivity index (χ1) is 10.8. The normalized spacial score (nSPS) is 20.4. The zero-order valence-electron chi connectivity index (χ0n) is 12.4. The van der Waals surface area contributed by atoms with Crippen molar-refractivity contribution in [2.24, 2.45) is 5.73 Å². The van der Waals surface area contributed by atoms with Crippen molar-refractivity contribution in [1.82, 2.24) is 4.31 Å². The summed E-state index contributed by atoms with van der Waals surface area (Å²) in [6, 6.07) is 4.51. The van der Waals surface area contributed by atoms with Crippen LogP contribution in [0.3, 0.4) is 0 Å². The van der Waals surface area contributed by atoms with E-state index < -0.39 is 27.0 Å². The van der Waals surface area contributed by atoms with Crippen molar-refractivity contribution in [1.29, 1.82) is 0 Å². The van der Waals surface area contributed by atoms with Gasteiger partial charge in [0.2, 0.25) is 10.0 Å². The van der Waals surface area contributed by atoms with Crippen molar-refractivity contribution in [3.63, 3.8) is 0 Å². The summed E-state index contributed by atoms with van der Waals surface area (Å²) in [5.41, 5.74) is 5.52. The Kier molecular flexibility index (Phi) is 5.53. The van der Waals surface area contributed by atoms with Crippen molar-refractivity contribution in [3.05, 3.63) is 24.3 Å². The van der Waals surface area contributed by atoms with Gasteiger partial charge in [0.1, 0.15) is 10.6 Å². The summed E-state index contributed by atoms with van der Waals surface area (Å²) < 4.78 is 68.3. The monoisotopic (exact) mass is 352 g/mol. The molecule has 1 aliphatic rings. The standard InChI is InChI=1S/C14H19F3N2O3S/c15-14(16,17)22-12-6-1-2-7-13(12)23(20,21)19-10-4-3-5-11(19)8-9-18/h1-2,6-7,11H,3-5,8-10,18H2. The van der Waals surface area contributed by atoms with E-state index in [2.05, 4.69) is 4.74 Å². The van der Waals surface area contributed by atoms with Crippen LogP contribution in [0.15, 0.2) is 29.2 Å². The highest BCUT2D eigenvalue weighted by molar-refractivity contribution is 7.89. The fraction of sp³-hybridized carbons (Fsp3) is 0.571. The van der Waals surface area contributed by atoms with Crippen molar-refractivity contribution in [2.75, 3.05) is 13.1 Å². The molecule has 1 saturated heterocycles. The Hall–Kier alpha value is -1.32. The topological polar surface area (TPSA) is 72.6 Å². The molecule has 5 nitrogen and oxygen atoms in total. The average molecular weight is 352 g/mol. The number of halogens is 3. The van der Waals surface area contributed by atoms with Crippen LogP contribution < -0.4 is 10.5 Å². The minimum absolute atomic E-state index is 0.271. The smallest absolute Gasteiger partial charge is 0.404 e. The maximum absolute atomic E-state index is 12.8. The Morgan fingerprint density at radius 3 is 2.61 bits per heavy atom. The largest absolute Gasteiger partial charge is 0.573 e. The molecule has 1 aromatic rings. The molecule has 0 bridgehead atoms. The molecule has 1 atom stereocenters. The van der Waals surface area contributed by atoms with E-state index in [1.807, 2.05) is 0 Å². The highest BCUT2D eigenvalue weighted by Gasteiger charge is 2.38. The molecule has 0 amide bonds. The number of piperidine rings is 1. The fourth-order valence-electron chi connectivity index (χ4n) is 2.77. The number of benzene rings is 1. The van der Waals surface area contributed by atoms with Crippen LogP contribution in [0.4, 0.5) is 13.2 Å². The van der Waals surface area contributed by atoms with Gasteiger partial charge in [0.15, 0.2) is 0 Å². The number of nitrogens with two attached hydrogens (primary N) is 1. The molecular formula is C14H19F3N2O3S. The zero-order valence-corrected chi connectivity index (χ0v) is 13.2. The second-order valence-corrected chi connectivity index (χ2v) is 7.20. The van der Waals surface area contributed by atoms with Crippen molar-refractivity contribution < 1.29 is 26.3 Å². The Balaban J connectivity index is 2.39. The number of para-hydroxylation sites is 1. The Morgan fingerprint density at radius 1 is 1.26 bits per heavy atom. The Labute approximate surface area is 133 Å². The van der Waals surface area contributed by atoms with Crippen LogP contribution in [0.2, 0.25) is 0 Å². The van der Waals surface area contributed by atoms with Crippen LogP contribution in [0.5, 0.6) is 5.75 Å². The molecule has 0 aliphatic carbocycles. The van der Waals surface area contributed by atoms with Gasteiger partial charge in [0.05, 0.1) is 0 Å². The van der Waals surface area contributed by atoms with Gasteiger partial charge in [-0.25, -0.2) is 8.42 Å². The maximum Gasteiger partial charge on any atom is 0.573 e. The van der Waals surface area contributed by atoms with E-state index in [9.17, 15) is 21.6 Å². The maximum atomic E-state index is 12.8. The van der Waals surface area contributed by atoms with Crippen molar-refractivity contribution in [2.45, 2.75) is 43.0 Å². The Morgan fingerprint density at radius 2 is 1.96 bits per heavy atom. The number of rotatable bonds is 5. The molecule has 1 aromatic carbocycles. The van der Waals surface area contributed by atoms with Crippen LogP contribution in [0.25, 0.3) is 0 Å². The molecule has 0 saturated carbocycles. The third-order valence-corrected chi connectivity index (χ3v) is 5.73. The molecule has 1 aliphatic heterocycles. The van der Waals surface area contributed by atoms with Gasteiger partial charge in [-0.2, -0.15) is 4.31 Å². The first-order valence-corrected chi connectivity index (χ1v) is 8.76. The molecule has 0 aromatic heterocycles. The van der Waals surface area contributed by atoms with Crippen LogP contribution in [-0.4, -0.2) is 38.2 Å². The predicted molar refractivity (Wildman–Crippen MR) is 78.3 cm³/mol. The number of hydrogen-bond acceptors (Lipinski definition) is 4. The molecule has 9 heteroatoms. The molecule has 1 unspecified atom stereocenters. The predicted octanol–water partition coefficient (Wildman–Crippen LogP) is 2.48. The summed E-state index contributed by atoms with van der Waals surface area (Å²) in [7, 11) is -4.08. The number of nitrogens with zero attached hydrogens (tertiary/aromatic N) is 1. The molecule has 130 valence electrons. The van der Waals surface area contributed by atoms with E-state index in [1.165, 1.54) is 16.4 Å². The Bertz CT molecular complexity index is 632. The first kappa shape index (κ1) is 18.0. The van der Waals surface area contributed by atoms with Crippen LogP contribution >= 0.6 is 0 Å². The van der Waals surface area contributed by atoms with Gasteiger partial charge in [-0.1, -0.05) is 18.6 Å². The van der Waals surface area contributed by atoms with E-state index in [1.54, 1.807) is 0 Å². The van der Waals surface area contributed by atoms with Crippen LogP contribution in [-0.2, 0) is 10.0 Å². The number of sulfonamides is 1. The minimum Gasteiger partial charge on any atom is -0.404 e. The number of alkyl halides is 3. The second kappa shape index (κ2) is 7.06. The molecule has 23 heavy (non-hydrogen) atoms. The lowest BCUT2D eigenvalue weighted by Crippen LogP contribution is -2.44. The minimum atomic E-state index is -4.95. The molecule has 1 heterocycles. The van der Waals surface area contributed by atoms with Gasteiger partial charge in [-0.15, -0.1) is 13.2 Å². The molecule has 2 rings (SSSR count). The van der Waals surface area contributed by atoms with Crippen LogP contribution in [0, 0.1) is 0 Å². The quantitative estimate of drug-likeness (QED) is 0.884. The summed E-state index contributed by atoms with van der Waals surface area (Å²) in [4.78, 5) is -0.471. The molecule has 0 radical (unpaired) electrons. The average Bonchev–Trinajstić information content (AvgIpc) is 2.47. The summed E-state index contributed by atoms with van der Waals surface area (Å²) in [5, 5.41) is 0. The highest BCUT2D eigenvalue weighted by atomic mass is 32.2. The lowest BCUT2D eigenvalue weighted by molar-refractivity contribution is -0.275. The molecule has 0 spiro atoms. The lowest BCUT2D eigenvalue weighted by Gasteiger charge is -2.34. The van der Waals surface area contributed by atoms with Gasteiger partial charge in [0, 0.05) is 12.6 Å².